The number of pyridine rings is 2. The zero-order chi connectivity index (χ0) is 20.9. The molecule has 2 aromatic heterocycles. The average molecular weight is 409 g/mol. The van der Waals surface area contributed by atoms with Crippen molar-refractivity contribution in [2.75, 3.05) is 37.7 Å². The molecule has 0 saturated carbocycles. The molecule has 2 saturated heterocycles. The molecule has 0 radical (unpaired) electrons. The smallest absolute Gasteiger partial charge is 0.128 e. The van der Waals surface area contributed by atoms with Gasteiger partial charge in [0.05, 0.1) is 12.7 Å². The predicted molar refractivity (Wildman–Crippen MR) is 122 cm³/mol. The largest absolute Gasteiger partial charge is 0.375 e. The van der Waals surface area contributed by atoms with Crippen molar-refractivity contribution >= 4 is 5.82 Å². The Morgan fingerprint density at radius 2 is 1.80 bits per heavy atom. The molecule has 2 atom stereocenters. The normalized spacial score (nSPS) is 21.7. The quantitative estimate of drug-likeness (QED) is 0.764. The Labute approximate surface area is 181 Å². The van der Waals surface area contributed by atoms with E-state index in [2.05, 4.69) is 61.5 Å². The first-order valence-electron chi connectivity index (χ1n) is 11.6. The lowest BCUT2D eigenvalue weighted by Crippen LogP contribution is -2.43. The van der Waals surface area contributed by atoms with E-state index in [1.807, 2.05) is 6.20 Å². The van der Waals surface area contributed by atoms with Crippen LogP contribution in [-0.2, 0) is 4.74 Å². The molecule has 4 heterocycles. The Hall–Kier alpha value is -1.98. The number of aromatic nitrogens is 2. The zero-order valence-electron chi connectivity index (χ0n) is 18.7. The third kappa shape index (κ3) is 5.19. The van der Waals surface area contributed by atoms with E-state index in [0.29, 0.717) is 17.8 Å². The molecule has 4 rings (SSSR count). The van der Waals surface area contributed by atoms with Gasteiger partial charge in [-0.15, -0.1) is 0 Å². The summed E-state index contributed by atoms with van der Waals surface area (Å²) in [5.74, 6) is 2.62. The fourth-order valence-electron chi connectivity index (χ4n) is 4.59. The standard InChI is InChI=1S/C25H36N4O/c1-18(2)21-5-7-25(28-15-21)29-12-13-30-23(17-29)14-19(3)22-4-6-24(27-16-22)20-8-10-26-11-9-20/h4-7,15-16,18-20,23,26H,8-14,17H2,1-3H3. The minimum atomic E-state index is 0.226. The Morgan fingerprint density at radius 3 is 2.47 bits per heavy atom. The van der Waals surface area contributed by atoms with E-state index >= 15 is 0 Å². The summed E-state index contributed by atoms with van der Waals surface area (Å²) in [5.41, 5.74) is 3.86. The van der Waals surface area contributed by atoms with Crippen LogP contribution < -0.4 is 10.2 Å². The van der Waals surface area contributed by atoms with E-state index in [0.717, 1.165) is 45.0 Å². The van der Waals surface area contributed by atoms with Crippen LogP contribution in [-0.4, -0.2) is 48.9 Å². The molecule has 5 nitrogen and oxygen atoms in total. The van der Waals surface area contributed by atoms with Crippen LogP contribution in [0.15, 0.2) is 36.7 Å². The lowest BCUT2D eigenvalue weighted by atomic mass is 9.91. The maximum Gasteiger partial charge on any atom is 0.128 e. The van der Waals surface area contributed by atoms with Crippen LogP contribution in [0, 0.1) is 0 Å². The number of hydrogen-bond donors (Lipinski definition) is 1. The molecule has 0 spiro atoms. The molecule has 5 heteroatoms. The fourth-order valence-corrected chi connectivity index (χ4v) is 4.59. The van der Waals surface area contributed by atoms with Crippen molar-refractivity contribution in [3.63, 3.8) is 0 Å². The second-order valence-electron chi connectivity index (χ2n) is 9.22. The van der Waals surface area contributed by atoms with Crippen LogP contribution >= 0.6 is 0 Å². The second-order valence-corrected chi connectivity index (χ2v) is 9.22. The topological polar surface area (TPSA) is 50.3 Å². The third-order valence-corrected chi connectivity index (χ3v) is 6.65. The van der Waals surface area contributed by atoms with Gasteiger partial charge < -0.3 is 15.0 Å². The van der Waals surface area contributed by atoms with Gasteiger partial charge in [-0.25, -0.2) is 4.98 Å². The number of ether oxygens (including phenoxy) is 1. The summed E-state index contributed by atoms with van der Waals surface area (Å²) in [6, 6.07) is 8.89. The van der Waals surface area contributed by atoms with E-state index in [1.54, 1.807) is 0 Å². The highest BCUT2D eigenvalue weighted by Gasteiger charge is 2.24. The zero-order valence-corrected chi connectivity index (χ0v) is 18.7. The minimum absolute atomic E-state index is 0.226. The average Bonchev–Trinajstić information content (AvgIpc) is 2.80. The van der Waals surface area contributed by atoms with Gasteiger partial charge in [0.25, 0.3) is 0 Å². The maximum absolute atomic E-state index is 6.11. The Bertz CT molecular complexity index is 784. The number of rotatable bonds is 6. The van der Waals surface area contributed by atoms with Crippen LogP contribution in [0.1, 0.15) is 74.6 Å². The van der Waals surface area contributed by atoms with Gasteiger partial charge in [0.2, 0.25) is 0 Å². The molecule has 0 aliphatic carbocycles. The van der Waals surface area contributed by atoms with Gasteiger partial charge in [-0.1, -0.05) is 32.9 Å². The SMILES string of the molecule is CC(C)c1ccc(N2CCOC(CC(C)c3ccc(C4CCNCC4)nc3)C2)nc1. The highest BCUT2D eigenvalue weighted by atomic mass is 16.5. The summed E-state index contributed by atoms with van der Waals surface area (Å²) in [5, 5.41) is 3.43. The van der Waals surface area contributed by atoms with Crippen LogP contribution in [0.4, 0.5) is 5.82 Å². The molecule has 2 aromatic rings. The molecular weight excluding hydrogens is 372 g/mol. The van der Waals surface area contributed by atoms with E-state index in [-0.39, 0.29) is 6.10 Å². The van der Waals surface area contributed by atoms with E-state index in [1.165, 1.54) is 29.7 Å². The first kappa shape index (κ1) is 21.3. The summed E-state index contributed by atoms with van der Waals surface area (Å²) < 4.78 is 6.11. The minimum Gasteiger partial charge on any atom is -0.375 e. The molecule has 1 N–H and O–H groups in total. The molecule has 2 aliphatic rings. The van der Waals surface area contributed by atoms with Gasteiger partial charge >= 0.3 is 0 Å². The maximum atomic E-state index is 6.11. The van der Waals surface area contributed by atoms with Crippen LogP contribution in [0.25, 0.3) is 0 Å². The molecular formula is C25H36N4O. The van der Waals surface area contributed by atoms with E-state index < -0.39 is 0 Å². The summed E-state index contributed by atoms with van der Waals surface area (Å²) in [4.78, 5) is 11.9. The Balaban J connectivity index is 1.34. The van der Waals surface area contributed by atoms with Gasteiger partial charge in [0, 0.05) is 37.1 Å². The van der Waals surface area contributed by atoms with Crippen LogP contribution in [0.2, 0.25) is 0 Å². The summed E-state index contributed by atoms with van der Waals surface area (Å²) in [7, 11) is 0. The lowest BCUT2D eigenvalue weighted by molar-refractivity contribution is 0.0313. The van der Waals surface area contributed by atoms with Crippen molar-refractivity contribution in [1.29, 1.82) is 0 Å². The fraction of sp³-hybridized carbons (Fsp3) is 0.600. The summed E-state index contributed by atoms with van der Waals surface area (Å²) >= 11 is 0. The first-order chi connectivity index (χ1) is 14.6. The Morgan fingerprint density at radius 1 is 1.03 bits per heavy atom. The number of nitrogens with zero attached hydrogens (tertiary/aromatic N) is 3. The van der Waals surface area contributed by atoms with Crippen LogP contribution in [0.5, 0.6) is 0 Å². The van der Waals surface area contributed by atoms with Gasteiger partial charge in [-0.05, 0) is 67.4 Å². The van der Waals surface area contributed by atoms with E-state index in [9.17, 15) is 0 Å². The molecule has 0 amide bonds. The highest BCUT2D eigenvalue weighted by molar-refractivity contribution is 5.40. The third-order valence-electron chi connectivity index (χ3n) is 6.65. The number of piperidine rings is 1. The van der Waals surface area contributed by atoms with Gasteiger partial charge in [-0.2, -0.15) is 0 Å². The van der Waals surface area contributed by atoms with Gasteiger partial charge in [-0.3, -0.25) is 4.98 Å². The monoisotopic (exact) mass is 408 g/mol. The number of anilines is 1. The summed E-state index contributed by atoms with van der Waals surface area (Å²) in [6.45, 7) is 11.5. The van der Waals surface area contributed by atoms with Crippen molar-refractivity contribution < 1.29 is 4.74 Å². The molecule has 2 aliphatic heterocycles. The van der Waals surface area contributed by atoms with Crippen molar-refractivity contribution in [2.45, 2.75) is 63.9 Å². The Kier molecular flexibility index (Phi) is 7.00. The van der Waals surface area contributed by atoms with Crippen molar-refractivity contribution in [3.8, 4) is 0 Å². The summed E-state index contributed by atoms with van der Waals surface area (Å²) in [6.07, 6.45) is 7.73. The predicted octanol–water partition coefficient (Wildman–Crippen LogP) is 4.47. The molecule has 162 valence electrons. The molecule has 30 heavy (non-hydrogen) atoms. The molecule has 2 unspecified atom stereocenters. The van der Waals surface area contributed by atoms with E-state index in [4.69, 9.17) is 14.7 Å². The number of hydrogen-bond acceptors (Lipinski definition) is 5. The van der Waals surface area contributed by atoms with Crippen LogP contribution in [0.3, 0.4) is 0 Å². The van der Waals surface area contributed by atoms with Gasteiger partial charge in [0.15, 0.2) is 0 Å². The van der Waals surface area contributed by atoms with Crippen molar-refractivity contribution in [1.82, 2.24) is 15.3 Å². The number of nitrogens with one attached hydrogen (secondary N) is 1. The highest BCUT2D eigenvalue weighted by Crippen LogP contribution is 2.28. The lowest BCUT2D eigenvalue weighted by Gasteiger charge is -2.35. The molecule has 0 aromatic carbocycles. The first-order valence-corrected chi connectivity index (χ1v) is 11.6. The number of morpholine rings is 1. The van der Waals surface area contributed by atoms with Crippen molar-refractivity contribution in [3.05, 3.63) is 53.5 Å². The molecule has 0 bridgehead atoms. The van der Waals surface area contributed by atoms with Gasteiger partial charge in [0.1, 0.15) is 5.82 Å². The van der Waals surface area contributed by atoms with Crippen molar-refractivity contribution in [2.24, 2.45) is 0 Å². The second kappa shape index (κ2) is 9.88. The molecule has 2 fully saturated rings.